The Morgan fingerprint density at radius 2 is 1.85 bits per heavy atom. The first-order chi connectivity index (χ1) is 13.2. The Morgan fingerprint density at radius 1 is 1.11 bits per heavy atom. The van der Waals surface area contributed by atoms with Gasteiger partial charge in [0.05, 0.1) is 23.3 Å². The lowest BCUT2D eigenvalue weighted by atomic mass is 10.2. The molecule has 0 bridgehead atoms. The summed E-state index contributed by atoms with van der Waals surface area (Å²) in [5.74, 6) is 0.247. The Morgan fingerprint density at radius 3 is 2.67 bits per heavy atom. The van der Waals surface area contributed by atoms with E-state index in [2.05, 4.69) is 15.5 Å². The van der Waals surface area contributed by atoms with Crippen LogP contribution in [0.1, 0.15) is 6.92 Å². The highest BCUT2D eigenvalue weighted by molar-refractivity contribution is 5.93. The molecule has 8 heteroatoms. The zero-order chi connectivity index (χ0) is 18.8. The maximum absolute atomic E-state index is 12.8. The van der Waals surface area contributed by atoms with Gasteiger partial charge >= 0.3 is 0 Å². The second-order valence-electron chi connectivity index (χ2n) is 5.88. The van der Waals surface area contributed by atoms with Crippen LogP contribution in [-0.4, -0.2) is 31.7 Å². The molecule has 0 atom stereocenters. The fourth-order valence-corrected chi connectivity index (χ4v) is 3.02. The van der Waals surface area contributed by atoms with Gasteiger partial charge in [0, 0.05) is 0 Å². The maximum atomic E-state index is 12.8. The van der Waals surface area contributed by atoms with Gasteiger partial charge in [0.2, 0.25) is 11.6 Å². The standard InChI is InChI=1S/C19H17N5O3/c1-2-27-16-10-6-3-7-13(16)21-17(25)11-23-14-8-4-5-9-15(14)24-12-20-22-18(24)19(23)26/h3-10,12H,2,11H2,1H3,(H,21,25). The van der Waals surface area contributed by atoms with Crippen LogP contribution in [0.2, 0.25) is 0 Å². The van der Waals surface area contributed by atoms with Gasteiger partial charge in [-0.3, -0.25) is 18.6 Å². The molecule has 136 valence electrons. The molecule has 0 spiro atoms. The van der Waals surface area contributed by atoms with Gasteiger partial charge in [-0.05, 0) is 31.2 Å². The summed E-state index contributed by atoms with van der Waals surface area (Å²) < 4.78 is 8.55. The number of ether oxygens (including phenoxy) is 1. The lowest BCUT2D eigenvalue weighted by Crippen LogP contribution is -2.29. The molecule has 4 aromatic rings. The summed E-state index contributed by atoms with van der Waals surface area (Å²) in [4.78, 5) is 25.4. The quantitative estimate of drug-likeness (QED) is 0.586. The minimum absolute atomic E-state index is 0.150. The van der Waals surface area contributed by atoms with Gasteiger partial charge in [0.1, 0.15) is 18.6 Å². The molecular weight excluding hydrogens is 346 g/mol. The summed E-state index contributed by atoms with van der Waals surface area (Å²) >= 11 is 0. The highest BCUT2D eigenvalue weighted by atomic mass is 16.5. The van der Waals surface area contributed by atoms with Crippen LogP contribution < -0.4 is 15.6 Å². The van der Waals surface area contributed by atoms with Gasteiger partial charge in [-0.2, -0.15) is 0 Å². The number of hydrogen-bond acceptors (Lipinski definition) is 5. The van der Waals surface area contributed by atoms with Gasteiger partial charge in [-0.15, -0.1) is 10.2 Å². The summed E-state index contributed by atoms with van der Waals surface area (Å²) in [6, 6.07) is 14.5. The van der Waals surface area contributed by atoms with Crippen molar-refractivity contribution in [2.75, 3.05) is 11.9 Å². The van der Waals surface area contributed by atoms with Crippen molar-refractivity contribution >= 4 is 28.3 Å². The second-order valence-corrected chi connectivity index (χ2v) is 5.88. The monoisotopic (exact) mass is 363 g/mol. The van der Waals surface area contributed by atoms with Gasteiger partial charge < -0.3 is 10.1 Å². The van der Waals surface area contributed by atoms with Crippen molar-refractivity contribution in [2.24, 2.45) is 0 Å². The first-order valence-corrected chi connectivity index (χ1v) is 8.52. The Bertz CT molecular complexity index is 1190. The largest absolute Gasteiger partial charge is 0.492 e. The zero-order valence-corrected chi connectivity index (χ0v) is 14.6. The molecule has 8 nitrogen and oxygen atoms in total. The summed E-state index contributed by atoms with van der Waals surface area (Å²) in [5, 5.41) is 10.5. The van der Waals surface area contributed by atoms with Gasteiger partial charge in [-0.1, -0.05) is 24.3 Å². The van der Waals surface area contributed by atoms with E-state index in [0.29, 0.717) is 23.6 Å². The number of amides is 1. The molecule has 1 amide bonds. The molecule has 1 N–H and O–H groups in total. The lowest BCUT2D eigenvalue weighted by Gasteiger charge is -2.13. The van der Waals surface area contributed by atoms with Gasteiger partial charge in [0.25, 0.3) is 5.56 Å². The maximum Gasteiger partial charge on any atom is 0.297 e. The SMILES string of the molecule is CCOc1ccccc1NC(=O)Cn1c(=O)c2nncn2c2ccccc21. The van der Waals surface area contributed by atoms with Crippen molar-refractivity contribution in [3.63, 3.8) is 0 Å². The van der Waals surface area contributed by atoms with Crippen molar-refractivity contribution < 1.29 is 9.53 Å². The van der Waals surface area contributed by atoms with E-state index < -0.39 is 0 Å². The van der Waals surface area contributed by atoms with Crippen molar-refractivity contribution in [2.45, 2.75) is 13.5 Å². The number of fused-ring (bicyclic) bond motifs is 3. The molecule has 2 aromatic heterocycles. The molecule has 2 heterocycles. The van der Waals surface area contributed by atoms with Crippen LogP contribution in [0.15, 0.2) is 59.7 Å². The number of nitrogens with zero attached hydrogens (tertiary/aromatic N) is 4. The zero-order valence-electron chi connectivity index (χ0n) is 14.6. The second kappa shape index (κ2) is 6.91. The van der Waals surface area contributed by atoms with Crippen LogP contribution in [0.25, 0.3) is 16.7 Å². The minimum Gasteiger partial charge on any atom is -0.492 e. The minimum atomic E-state index is -0.376. The number of hydrogen-bond donors (Lipinski definition) is 1. The number of aromatic nitrogens is 4. The van der Waals surface area contributed by atoms with E-state index in [1.165, 1.54) is 10.9 Å². The third kappa shape index (κ3) is 3.01. The van der Waals surface area contributed by atoms with Crippen LogP contribution >= 0.6 is 0 Å². The first-order valence-electron chi connectivity index (χ1n) is 8.52. The van der Waals surface area contributed by atoms with Crippen LogP contribution in [0.4, 0.5) is 5.69 Å². The predicted octanol–water partition coefficient (Wildman–Crippen LogP) is 2.08. The fraction of sp³-hybridized carbons (Fsp3) is 0.158. The van der Waals surface area contributed by atoms with Gasteiger partial charge in [0.15, 0.2) is 0 Å². The van der Waals surface area contributed by atoms with E-state index in [4.69, 9.17) is 4.74 Å². The summed E-state index contributed by atoms with van der Waals surface area (Å²) in [6.07, 6.45) is 1.49. The van der Waals surface area contributed by atoms with Crippen molar-refractivity contribution in [3.05, 3.63) is 65.2 Å². The van der Waals surface area contributed by atoms with Crippen molar-refractivity contribution in [1.82, 2.24) is 19.2 Å². The molecule has 0 fully saturated rings. The topological polar surface area (TPSA) is 90.5 Å². The Labute approximate surface area is 154 Å². The molecule has 0 aliphatic heterocycles. The Kier molecular flexibility index (Phi) is 4.29. The third-order valence-electron chi connectivity index (χ3n) is 4.18. The number of anilines is 1. The van der Waals surface area contributed by atoms with Crippen molar-refractivity contribution in [3.8, 4) is 5.75 Å². The molecule has 0 saturated heterocycles. The van der Waals surface area contributed by atoms with E-state index in [1.54, 1.807) is 22.6 Å². The number of nitrogens with one attached hydrogen (secondary N) is 1. The molecule has 0 unspecified atom stereocenters. The molecule has 0 aliphatic carbocycles. The first kappa shape index (κ1) is 16.8. The third-order valence-corrected chi connectivity index (χ3v) is 4.18. The lowest BCUT2D eigenvalue weighted by molar-refractivity contribution is -0.116. The number of carbonyl (C=O) groups excluding carboxylic acids is 1. The predicted molar refractivity (Wildman–Crippen MR) is 101 cm³/mol. The number of benzene rings is 2. The van der Waals surface area contributed by atoms with Crippen LogP contribution in [-0.2, 0) is 11.3 Å². The number of para-hydroxylation sites is 4. The summed E-state index contributed by atoms with van der Waals surface area (Å²) in [6.45, 7) is 2.21. The van der Waals surface area contributed by atoms with E-state index in [0.717, 1.165) is 5.52 Å². The molecule has 4 rings (SSSR count). The van der Waals surface area contributed by atoms with E-state index in [1.807, 2.05) is 37.3 Å². The summed E-state index contributed by atoms with van der Waals surface area (Å²) in [5.41, 5.74) is 1.74. The average Bonchev–Trinajstić information content (AvgIpc) is 3.17. The highest BCUT2D eigenvalue weighted by Crippen LogP contribution is 2.23. The highest BCUT2D eigenvalue weighted by Gasteiger charge is 2.15. The van der Waals surface area contributed by atoms with E-state index in [-0.39, 0.29) is 23.7 Å². The molecule has 2 aromatic carbocycles. The van der Waals surface area contributed by atoms with E-state index >= 15 is 0 Å². The smallest absolute Gasteiger partial charge is 0.297 e. The molecule has 0 saturated carbocycles. The molecule has 0 aliphatic rings. The Balaban J connectivity index is 1.72. The number of carbonyl (C=O) groups is 1. The van der Waals surface area contributed by atoms with Crippen LogP contribution in [0.5, 0.6) is 5.75 Å². The summed E-state index contributed by atoms with van der Waals surface area (Å²) in [7, 11) is 0. The molecule has 0 radical (unpaired) electrons. The molecule has 27 heavy (non-hydrogen) atoms. The van der Waals surface area contributed by atoms with Gasteiger partial charge in [-0.25, -0.2) is 0 Å². The number of rotatable bonds is 5. The van der Waals surface area contributed by atoms with Crippen LogP contribution in [0, 0.1) is 0 Å². The average molecular weight is 363 g/mol. The van der Waals surface area contributed by atoms with E-state index in [9.17, 15) is 9.59 Å². The Hall–Kier alpha value is -3.68. The molecular formula is C19H17N5O3. The van der Waals surface area contributed by atoms with Crippen molar-refractivity contribution in [1.29, 1.82) is 0 Å². The fourth-order valence-electron chi connectivity index (χ4n) is 3.02. The van der Waals surface area contributed by atoms with Crippen LogP contribution in [0.3, 0.4) is 0 Å². The normalized spacial score (nSPS) is 11.0.